The summed E-state index contributed by atoms with van der Waals surface area (Å²) in [5, 5.41) is 12.5. The van der Waals surface area contributed by atoms with Crippen molar-refractivity contribution in [2.24, 2.45) is 5.92 Å². The number of carbonyl (C=O) groups excluding carboxylic acids is 1. The first-order valence-electron chi connectivity index (χ1n) is 6.47. The van der Waals surface area contributed by atoms with Gasteiger partial charge < -0.3 is 10.4 Å². The van der Waals surface area contributed by atoms with E-state index in [2.05, 4.69) is 10.2 Å². The highest BCUT2D eigenvalue weighted by Crippen LogP contribution is 2.23. The number of rotatable bonds is 4. The van der Waals surface area contributed by atoms with Crippen LogP contribution in [0.3, 0.4) is 0 Å². The molecule has 1 saturated heterocycles. The quantitative estimate of drug-likeness (QED) is 0.887. The maximum Gasteiger partial charge on any atom is 0.238 e. The zero-order valence-electron chi connectivity index (χ0n) is 11.0. The molecule has 1 atom stereocenters. The van der Waals surface area contributed by atoms with E-state index >= 15 is 0 Å². The van der Waals surface area contributed by atoms with Crippen molar-refractivity contribution in [2.75, 3.05) is 31.6 Å². The Bertz CT molecular complexity index is 465. The van der Waals surface area contributed by atoms with Gasteiger partial charge in [-0.2, -0.15) is 0 Å². The Labute approximate surface area is 118 Å². The number of halogens is 1. The van der Waals surface area contributed by atoms with Gasteiger partial charge in [-0.3, -0.25) is 9.69 Å². The SMILES string of the molecule is Cc1ccc(NC(=O)CN2CCC(CO)C2)c(Cl)c1. The summed E-state index contributed by atoms with van der Waals surface area (Å²) in [4.78, 5) is 14.0. The lowest BCUT2D eigenvalue weighted by molar-refractivity contribution is -0.117. The van der Waals surface area contributed by atoms with Crippen molar-refractivity contribution in [3.63, 3.8) is 0 Å². The number of nitrogens with zero attached hydrogens (tertiary/aromatic N) is 1. The Balaban J connectivity index is 1.87. The first-order valence-corrected chi connectivity index (χ1v) is 6.85. The first kappa shape index (κ1) is 14.3. The lowest BCUT2D eigenvalue weighted by Gasteiger charge is -2.15. The van der Waals surface area contributed by atoms with E-state index in [0.29, 0.717) is 23.2 Å². The molecule has 1 aromatic rings. The molecule has 2 N–H and O–H groups in total. The number of amides is 1. The molecule has 4 nitrogen and oxygen atoms in total. The zero-order valence-corrected chi connectivity index (χ0v) is 11.8. The Morgan fingerprint density at radius 1 is 1.58 bits per heavy atom. The normalized spacial score (nSPS) is 19.6. The van der Waals surface area contributed by atoms with Gasteiger partial charge in [-0.1, -0.05) is 17.7 Å². The van der Waals surface area contributed by atoms with Crippen molar-refractivity contribution in [2.45, 2.75) is 13.3 Å². The number of anilines is 1. The third kappa shape index (κ3) is 3.93. The van der Waals surface area contributed by atoms with Gasteiger partial charge >= 0.3 is 0 Å². The summed E-state index contributed by atoms with van der Waals surface area (Å²) < 4.78 is 0. The molecule has 0 aromatic heterocycles. The third-order valence-corrected chi connectivity index (χ3v) is 3.71. The van der Waals surface area contributed by atoms with Crippen molar-refractivity contribution >= 4 is 23.2 Å². The molecule has 1 aliphatic rings. The molecular formula is C14H19ClN2O2. The fourth-order valence-electron chi connectivity index (χ4n) is 2.32. The molecule has 1 amide bonds. The molecule has 1 aromatic carbocycles. The van der Waals surface area contributed by atoms with E-state index in [1.807, 2.05) is 25.1 Å². The second kappa shape index (κ2) is 6.37. The minimum atomic E-state index is -0.0654. The highest BCUT2D eigenvalue weighted by Gasteiger charge is 2.23. The summed E-state index contributed by atoms with van der Waals surface area (Å²) in [6.07, 6.45) is 0.953. The van der Waals surface area contributed by atoms with Crippen molar-refractivity contribution in [1.82, 2.24) is 4.90 Å². The summed E-state index contributed by atoms with van der Waals surface area (Å²) in [5.41, 5.74) is 1.71. The van der Waals surface area contributed by atoms with Crippen molar-refractivity contribution < 1.29 is 9.90 Å². The number of hydrogen-bond acceptors (Lipinski definition) is 3. The highest BCUT2D eigenvalue weighted by molar-refractivity contribution is 6.33. The van der Waals surface area contributed by atoms with E-state index < -0.39 is 0 Å². The van der Waals surface area contributed by atoms with Crippen molar-refractivity contribution in [3.05, 3.63) is 28.8 Å². The minimum absolute atomic E-state index is 0.0654. The summed E-state index contributed by atoms with van der Waals surface area (Å²) >= 11 is 6.07. The van der Waals surface area contributed by atoms with Gasteiger partial charge in [0.15, 0.2) is 0 Å². The van der Waals surface area contributed by atoms with Crippen LogP contribution in [0.4, 0.5) is 5.69 Å². The number of hydrogen-bond donors (Lipinski definition) is 2. The van der Waals surface area contributed by atoms with Crippen LogP contribution in [0.5, 0.6) is 0 Å². The van der Waals surface area contributed by atoms with Crippen LogP contribution in [-0.2, 0) is 4.79 Å². The molecule has 5 heteroatoms. The predicted octanol–water partition coefficient (Wildman–Crippen LogP) is 1.90. The average molecular weight is 283 g/mol. The summed E-state index contributed by atoms with van der Waals surface area (Å²) in [7, 11) is 0. The van der Waals surface area contributed by atoms with Crippen molar-refractivity contribution in [1.29, 1.82) is 0 Å². The maximum absolute atomic E-state index is 11.9. The fourth-order valence-corrected chi connectivity index (χ4v) is 2.60. The Hall–Kier alpha value is -1.10. The second-order valence-corrected chi connectivity index (χ2v) is 5.51. The van der Waals surface area contributed by atoms with Crippen LogP contribution < -0.4 is 5.32 Å². The van der Waals surface area contributed by atoms with Crippen LogP contribution in [0.25, 0.3) is 0 Å². The van der Waals surface area contributed by atoms with Crippen LogP contribution in [0.15, 0.2) is 18.2 Å². The molecule has 1 heterocycles. The van der Waals surface area contributed by atoms with Gasteiger partial charge in [0.2, 0.25) is 5.91 Å². The number of benzene rings is 1. The monoisotopic (exact) mass is 282 g/mol. The molecule has 0 bridgehead atoms. The number of nitrogens with one attached hydrogen (secondary N) is 1. The Kier molecular flexibility index (Phi) is 4.80. The maximum atomic E-state index is 11.9. The highest BCUT2D eigenvalue weighted by atomic mass is 35.5. The number of aliphatic hydroxyl groups excluding tert-OH is 1. The molecule has 1 fully saturated rings. The largest absolute Gasteiger partial charge is 0.396 e. The zero-order chi connectivity index (χ0) is 13.8. The van der Waals surface area contributed by atoms with E-state index in [9.17, 15) is 4.79 Å². The van der Waals surface area contributed by atoms with Gasteiger partial charge in [0.1, 0.15) is 0 Å². The molecule has 2 rings (SSSR count). The van der Waals surface area contributed by atoms with Crippen LogP contribution in [0, 0.1) is 12.8 Å². The van der Waals surface area contributed by atoms with Gasteiger partial charge in [0.25, 0.3) is 0 Å². The first-order chi connectivity index (χ1) is 9.08. The molecule has 1 unspecified atom stereocenters. The van der Waals surface area contributed by atoms with E-state index in [-0.39, 0.29) is 12.5 Å². The van der Waals surface area contributed by atoms with E-state index in [1.165, 1.54) is 0 Å². The number of aryl methyl sites for hydroxylation is 1. The number of carbonyl (C=O) groups is 1. The molecule has 104 valence electrons. The van der Waals surface area contributed by atoms with E-state index in [4.69, 9.17) is 16.7 Å². The number of aliphatic hydroxyl groups is 1. The summed E-state index contributed by atoms with van der Waals surface area (Å²) in [5.74, 6) is 0.236. The third-order valence-electron chi connectivity index (χ3n) is 3.39. The Morgan fingerprint density at radius 3 is 3.00 bits per heavy atom. The standard InChI is InChI=1S/C14H19ClN2O2/c1-10-2-3-13(12(15)6-10)16-14(19)8-17-5-4-11(7-17)9-18/h2-3,6,11,18H,4-5,7-9H2,1H3,(H,16,19). The molecule has 0 spiro atoms. The summed E-state index contributed by atoms with van der Waals surface area (Å²) in [6, 6.07) is 5.56. The smallest absolute Gasteiger partial charge is 0.238 e. The molecule has 1 aliphatic heterocycles. The molecule has 0 aliphatic carbocycles. The summed E-state index contributed by atoms with van der Waals surface area (Å²) in [6.45, 7) is 4.14. The average Bonchev–Trinajstić information content (AvgIpc) is 2.80. The fraction of sp³-hybridized carbons (Fsp3) is 0.500. The van der Waals surface area contributed by atoms with Gasteiger partial charge in [-0.25, -0.2) is 0 Å². The van der Waals surface area contributed by atoms with E-state index in [1.54, 1.807) is 0 Å². The van der Waals surface area contributed by atoms with Crippen molar-refractivity contribution in [3.8, 4) is 0 Å². The topological polar surface area (TPSA) is 52.6 Å². The molecule has 0 radical (unpaired) electrons. The van der Waals surface area contributed by atoms with Crippen LogP contribution in [0.1, 0.15) is 12.0 Å². The van der Waals surface area contributed by atoms with Crippen LogP contribution in [0.2, 0.25) is 5.02 Å². The van der Waals surface area contributed by atoms with Gasteiger partial charge in [0.05, 0.1) is 17.3 Å². The van der Waals surface area contributed by atoms with Gasteiger partial charge in [0, 0.05) is 13.2 Å². The molecule has 0 saturated carbocycles. The van der Waals surface area contributed by atoms with E-state index in [0.717, 1.165) is 25.1 Å². The molecular weight excluding hydrogens is 264 g/mol. The van der Waals surface area contributed by atoms with Crippen LogP contribution >= 0.6 is 11.6 Å². The van der Waals surface area contributed by atoms with Gasteiger partial charge in [-0.15, -0.1) is 0 Å². The molecule has 19 heavy (non-hydrogen) atoms. The lowest BCUT2D eigenvalue weighted by Crippen LogP contribution is -2.32. The Morgan fingerprint density at radius 2 is 2.37 bits per heavy atom. The second-order valence-electron chi connectivity index (χ2n) is 5.10. The predicted molar refractivity (Wildman–Crippen MR) is 76.5 cm³/mol. The lowest BCUT2D eigenvalue weighted by atomic mass is 10.1. The van der Waals surface area contributed by atoms with Gasteiger partial charge in [-0.05, 0) is 43.5 Å². The van der Waals surface area contributed by atoms with Crippen LogP contribution in [-0.4, -0.2) is 42.2 Å². The minimum Gasteiger partial charge on any atom is -0.396 e. The number of likely N-dealkylation sites (tertiary alicyclic amines) is 1.